The van der Waals surface area contributed by atoms with Crippen molar-refractivity contribution in [2.75, 3.05) is 0 Å². The van der Waals surface area contributed by atoms with E-state index in [1.807, 2.05) is 13.8 Å². The maximum Gasteiger partial charge on any atom is 0.434 e. The van der Waals surface area contributed by atoms with Crippen LogP contribution in [0.2, 0.25) is 0 Å². The Labute approximate surface area is 91.6 Å². The highest BCUT2D eigenvalue weighted by atomic mass is 19.4. The van der Waals surface area contributed by atoms with E-state index in [-0.39, 0.29) is 18.3 Å². The smallest absolute Gasteiger partial charge is 0.325 e. The van der Waals surface area contributed by atoms with Crippen LogP contribution in [-0.2, 0) is 12.7 Å². The highest BCUT2D eigenvalue weighted by Crippen LogP contribution is 2.33. The molecular formula is C9H15F3N4. The van der Waals surface area contributed by atoms with Gasteiger partial charge in [-0.3, -0.25) is 0 Å². The number of hydrogen-bond acceptors (Lipinski definition) is 3. The zero-order valence-corrected chi connectivity index (χ0v) is 9.25. The molecule has 92 valence electrons. The maximum atomic E-state index is 12.8. The Bertz CT molecular complexity index is 341. The van der Waals surface area contributed by atoms with E-state index in [4.69, 9.17) is 5.73 Å². The minimum absolute atomic E-state index is 0.195. The van der Waals surface area contributed by atoms with Crippen molar-refractivity contribution < 1.29 is 13.2 Å². The Kier molecular flexibility index (Phi) is 3.90. The first-order valence-corrected chi connectivity index (χ1v) is 5.16. The Morgan fingerprint density at radius 1 is 1.31 bits per heavy atom. The van der Waals surface area contributed by atoms with E-state index >= 15 is 0 Å². The second kappa shape index (κ2) is 4.82. The van der Waals surface area contributed by atoms with Gasteiger partial charge in [-0.05, 0) is 12.8 Å². The highest BCUT2D eigenvalue weighted by molar-refractivity contribution is 5.14. The molecule has 0 fully saturated rings. The molecule has 0 aliphatic heterocycles. The van der Waals surface area contributed by atoms with Gasteiger partial charge < -0.3 is 5.73 Å². The lowest BCUT2D eigenvalue weighted by molar-refractivity contribution is -0.145. The Balaban J connectivity index is 3.24. The number of nitrogens with two attached hydrogens (primary N) is 1. The summed E-state index contributed by atoms with van der Waals surface area (Å²) in [6, 6.07) is -0.288. The lowest BCUT2D eigenvalue weighted by Crippen LogP contribution is -2.21. The van der Waals surface area contributed by atoms with Crippen molar-refractivity contribution in [3.63, 3.8) is 0 Å². The van der Waals surface area contributed by atoms with Crippen LogP contribution in [0, 0.1) is 0 Å². The molecule has 0 spiro atoms. The van der Waals surface area contributed by atoms with Crippen LogP contribution < -0.4 is 5.73 Å². The van der Waals surface area contributed by atoms with Gasteiger partial charge in [-0.1, -0.05) is 19.1 Å². The molecule has 0 radical (unpaired) electrons. The van der Waals surface area contributed by atoms with Gasteiger partial charge in [-0.15, -0.1) is 5.10 Å². The summed E-state index contributed by atoms with van der Waals surface area (Å²) in [6.07, 6.45) is -3.30. The molecule has 0 saturated heterocycles. The summed E-state index contributed by atoms with van der Waals surface area (Å²) in [4.78, 5) is 0. The number of aromatic nitrogens is 3. The van der Waals surface area contributed by atoms with Crippen molar-refractivity contribution in [2.45, 2.75) is 45.5 Å². The predicted octanol–water partition coefficient (Wildman–Crippen LogP) is 2.12. The van der Waals surface area contributed by atoms with Crippen LogP contribution in [-0.4, -0.2) is 15.0 Å². The minimum atomic E-state index is -4.46. The van der Waals surface area contributed by atoms with E-state index in [0.29, 0.717) is 12.8 Å². The highest BCUT2D eigenvalue weighted by Gasteiger charge is 2.39. The molecule has 1 heterocycles. The SMILES string of the molecule is CCC(CC)n1nnc(CN)c1C(F)(F)F. The molecule has 0 aliphatic carbocycles. The van der Waals surface area contributed by atoms with Crippen molar-refractivity contribution in [2.24, 2.45) is 5.73 Å². The second-order valence-corrected chi connectivity index (χ2v) is 3.50. The number of alkyl halides is 3. The average Bonchev–Trinajstić information content (AvgIpc) is 2.63. The molecule has 0 bridgehead atoms. The Morgan fingerprint density at radius 3 is 2.25 bits per heavy atom. The second-order valence-electron chi connectivity index (χ2n) is 3.50. The third-order valence-corrected chi connectivity index (χ3v) is 2.51. The molecular weight excluding hydrogens is 221 g/mol. The molecule has 1 rings (SSSR count). The summed E-state index contributed by atoms with van der Waals surface area (Å²) in [5, 5.41) is 7.05. The summed E-state index contributed by atoms with van der Waals surface area (Å²) in [7, 11) is 0. The number of halogens is 3. The molecule has 4 nitrogen and oxygen atoms in total. The molecule has 0 saturated carbocycles. The van der Waals surface area contributed by atoms with Gasteiger partial charge in [0.25, 0.3) is 0 Å². The maximum absolute atomic E-state index is 12.8. The van der Waals surface area contributed by atoms with Gasteiger partial charge in [0.15, 0.2) is 5.69 Å². The van der Waals surface area contributed by atoms with Crippen molar-refractivity contribution in [1.29, 1.82) is 0 Å². The van der Waals surface area contributed by atoms with Crippen LogP contribution >= 0.6 is 0 Å². The topological polar surface area (TPSA) is 56.7 Å². The summed E-state index contributed by atoms with van der Waals surface area (Å²) in [5.74, 6) is 0. The van der Waals surface area contributed by atoms with Crippen LogP contribution in [0.4, 0.5) is 13.2 Å². The van der Waals surface area contributed by atoms with Gasteiger partial charge in [0.1, 0.15) is 5.69 Å². The molecule has 0 aromatic carbocycles. The molecule has 0 atom stereocenters. The molecule has 0 unspecified atom stereocenters. The van der Waals surface area contributed by atoms with Crippen LogP contribution in [0.15, 0.2) is 0 Å². The number of hydrogen-bond donors (Lipinski definition) is 1. The van der Waals surface area contributed by atoms with Crippen molar-refractivity contribution in [3.8, 4) is 0 Å². The molecule has 1 aromatic rings. The molecule has 0 aliphatic rings. The van der Waals surface area contributed by atoms with E-state index in [1.54, 1.807) is 0 Å². The standard InChI is InChI=1S/C9H15F3N4/c1-3-6(4-2)16-8(9(10,11)12)7(5-13)14-15-16/h6H,3-5,13H2,1-2H3. The zero-order valence-electron chi connectivity index (χ0n) is 9.25. The molecule has 2 N–H and O–H groups in total. The lowest BCUT2D eigenvalue weighted by atomic mass is 10.1. The van der Waals surface area contributed by atoms with Gasteiger partial charge in [0.2, 0.25) is 0 Å². The normalized spacial score (nSPS) is 12.4. The number of nitrogens with zero attached hydrogens (tertiary/aromatic N) is 3. The van der Waals surface area contributed by atoms with Crippen LogP contribution in [0.25, 0.3) is 0 Å². The molecule has 7 heteroatoms. The van der Waals surface area contributed by atoms with Crippen LogP contribution in [0.5, 0.6) is 0 Å². The van der Waals surface area contributed by atoms with Gasteiger partial charge in [0, 0.05) is 6.54 Å². The van der Waals surface area contributed by atoms with E-state index < -0.39 is 11.9 Å². The van der Waals surface area contributed by atoms with Crippen LogP contribution in [0.3, 0.4) is 0 Å². The quantitative estimate of drug-likeness (QED) is 0.871. The van der Waals surface area contributed by atoms with Crippen molar-refractivity contribution in [3.05, 3.63) is 11.4 Å². The summed E-state index contributed by atoms with van der Waals surface area (Å²) in [5.41, 5.74) is 4.22. The fourth-order valence-corrected chi connectivity index (χ4v) is 1.65. The van der Waals surface area contributed by atoms with E-state index in [2.05, 4.69) is 10.3 Å². The minimum Gasteiger partial charge on any atom is -0.325 e. The monoisotopic (exact) mass is 236 g/mol. The summed E-state index contributed by atoms with van der Waals surface area (Å²) < 4.78 is 39.4. The largest absolute Gasteiger partial charge is 0.434 e. The predicted molar refractivity (Wildman–Crippen MR) is 52.5 cm³/mol. The van der Waals surface area contributed by atoms with Gasteiger partial charge in [0.05, 0.1) is 6.04 Å². The van der Waals surface area contributed by atoms with Crippen molar-refractivity contribution in [1.82, 2.24) is 15.0 Å². The van der Waals surface area contributed by atoms with Crippen molar-refractivity contribution >= 4 is 0 Å². The molecule has 0 amide bonds. The third-order valence-electron chi connectivity index (χ3n) is 2.51. The number of rotatable bonds is 4. The third kappa shape index (κ3) is 2.34. The molecule has 16 heavy (non-hydrogen) atoms. The zero-order chi connectivity index (χ0) is 12.3. The average molecular weight is 236 g/mol. The first kappa shape index (κ1) is 13.0. The van der Waals surface area contributed by atoms with E-state index in [9.17, 15) is 13.2 Å². The van der Waals surface area contributed by atoms with Crippen LogP contribution in [0.1, 0.15) is 44.1 Å². The van der Waals surface area contributed by atoms with Gasteiger partial charge >= 0.3 is 6.18 Å². The summed E-state index contributed by atoms with van der Waals surface area (Å²) >= 11 is 0. The fourth-order valence-electron chi connectivity index (χ4n) is 1.65. The Hall–Kier alpha value is -1.11. The van der Waals surface area contributed by atoms with Gasteiger partial charge in [-0.25, -0.2) is 4.68 Å². The van der Waals surface area contributed by atoms with Gasteiger partial charge in [-0.2, -0.15) is 13.2 Å². The van der Waals surface area contributed by atoms with E-state index in [0.717, 1.165) is 4.68 Å². The fraction of sp³-hybridized carbons (Fsp3) is 0.778. The lowest BCUT2D eigenvalue weighted by Gasteiger charge is -2.17. The van der Waals surface area contributed by atoms with E-state index in [1.165, 1.54) is 0 Å². The molecule has 1 aromatic heterocycles. The summed E-state index contributed by atoms with van der Waals surface area (Å²) in [6.45, 7) is 3.38. The first-order valence-electron chi connectivity index (χ1n) is 5.16. The Morgan fingerprint density at radius 2 is 1.88 bits per heavy atom. The first-order chi connectivity index (χ1) is 7.45.